The minimum Gasteiger partial charge on any atom is -0.462 e. The molecule has 0 aromatic carbocycles. The zero-order valence-electron chi connectivity index (χ0n) is 52.0. The molecule has 0 aromatic rings. The number of hydrogen-bond donors (Lipinski definition) is 0. The molecule has 0 amide bonds. The van der Waals surface area contributed by atoms with E-state index >= 15 is 0 Å². The lowest BCUT2D eigenvalue weighted by Crippen LogP contribution is -2.30. The van der Waals surface area contributed by atoms with Crippen LogP contribution in [0, 0.1) is 0 Å². The molecule has 1 atom stereocenters. The van der Waals surface area contributed by atoms with Gasteiger partial charge in [-0.05, 0) is 116 Å². The third-order valence-corrected chi connectivity index (χ3v) is 13.9. The van der Waals surface area contributed by atoms with E-state index in [4.69, 9.17) is 14.2 Å². The Bertz CT molecular complexity index is 1700. The second-order valence-electron chi connectivity index (χ2n) is 21.6. The zero-order valence-corrected chi connectivity index (χ0v) is 52.0. The summed E-state index contributed by atoms with van der Waals surface area (Å²) in [4.78, 5) is 38.4. The van der Waals surface area contributed by atoms with Gasteiger partial charge in [-0.25, -0.2) is 0 Å². The van der Waals surface area contributed by atoms with Crippen molar-refractivity contribution in [3.8, 4) is 0 Å². The van der Waals surface area contributed by atoms with Crippen LogP contribution in [0.5, 0.6) is 0 Å². The topological polar surface area (TPSA) is 78.9 Å². The Morgan fingerprint density at radius 1 is 0.263 bits per heavy atom. The molecule has 0 rings (SSSR count). The Labute approximate surface area is 494 Å². The Kier molecular flexibility index (Phi) is 63.3. The van der Waals surface area contributed by atoms with Gasteiger partial charge in [-0.3, -0.25) is 14.4 Å². The molecule has 6 heteroatoms. The highest BCUT2D eigenvalue weighted by molar-refractivity contribution is 5.71. The lowest BCUT2D eigenvalue weighted by Gasteiger charge is -2.18. The highest BCUT2D eigenvalue weighted by Crippen LogP contribution is 2.16. The molecule has 0 saturated heterocycles. The fraction of sp³-hybridized carbons (Fsp3) is 0.662. The minimum atomic E-state index is -0.811. The van der Waals surface area contributed by atoms with Crippen LogP contribution in [0.15, 0.2) is 134 Å². The summed E-state index contributed by atoms with van der Waals surface area (Å²) in [5.41, 5.74) is 0. The number of hydrogen-bond acceptors (Lipinski definition) is 6. The first kappa shape index (κ1) is 75.5. The molecule has 0 aromatic heterocycles. The van der Waals surface area contributed by atoms with Crippen LogP contribution < -0.4 is 0 Å². The van der Waals surface area contributed by atoms with Crippen LogP contribution in [-0.2, 0) is 28.6 Å². The Morgan fingerprint density at radius 3 is 0.787 bits per heavy atom. The highest BCUT2D eigenvalue weighted by Gasteiger charge is 2.19. The van der Waals surface area contributed by atoms with Crippen LogP contribution in [0.3, 0.4) is 0 Å². The normalized spacial score (nSPS) is 13.0. The Morgan fingerprint density at radius 2 is 0.487 bits per heavy atom. The molecule has 0 aliphatic rings. The zero-order chi connectivity index (χ0) is 57.8. The van der Waals surface area contributed by atoms with Crippen molar-refractivity contribution in [3.05, 3.63) is 134 Å². The van der Waals surface area contributed by atoms with Crippen molar-refractivity contribution in [1.29, 1.82) is 0 Å². The van der Waals surface area contributed by atoms with Crippen LogP contribution in [0.1, 0.15) is 297 Å². The van der Waals surface area contributed by atoms with Gasteiger partial charge in [0, 0.05) is 19.3 Å². The molecule has 0 spiro atoms. The van der Waals surface area contributed by atoms with Crippen LogP contribution in [0.2, 0.25) is 0 Å². The fourth-order valence-corrected chi connectivity index (χ4v) is 9.00. The number of esters is 3. The standard InChI is InChI=1S/C74H122O6/c1-4-7-10-13-16-19-22-25-28-31-34-36-37-39-40-43-46-49-52-55-58-61-64-67-73(76)79-70-71(69-78-72(75)66-63-60-57-54-51-48-45-42-33-30-27-24-21-18-15-12-9-6-3)80-74(77)68-65-62-59-56-53-50-47-44-41-38-35-32-29-26-23-20-17-14-11-8-5-2/h7-8,10-11,16-17,19-20,25-26,28-29,34-36,38-40,44,47,53,56,71H,4-6,9,12-15,18,21-24,27,30-33,37,41-43,45-46,48-52,54-55,57-70H2,1-3H3/b10-7-,11-8-,19-16-,20-17-,28-25-,29-26-,36-34-,38-35-,40-39-,47-44-,56-53-. The van der Waals surface area contributed by atoms with Gasteiger partial charge in [0.25, 0.3) is 0 Å². The second kappa shape index (κ2) is 67.1. The van der Waals surface area contributed by atoms with Crippen LogP contribution >= 0.6 is 0 Å². The van der Waals surface area contributed by atoms with Crippen molar-refractivity contribution in [3.63, 3.8) is 0 Å². The number of carbonyl (C=O) groups excluding carboxylic acids is 3. The molecule has 6 nitrogen and oxygen atoms in total. The van der Waals surface area contributed by atoms with Gasteiger partial charge in [-0.2, -0.15) is 0 Å². The summed E-state index contributed by atoms with van der Waals surface area (Å²) in [6.45, 7) is 6.39. The lowest BCUT2D eigenvalue weighted by molar-refractivity contribution is -0.167. The van der Waals surface area contributed by atoms with Crippen molar-refractivity contribution in [2.75, 3.05) is 13.2 Å². The molecular weight excluding hydrogens is 985 g/mol. The smallest absolute Gasteiger partial charge is 0.306 e. The van der Waals surface area contributed by atoms with Gasteiger partial charge in [-0.15, -0.1) is 0 Å². The van der Waals surface area contributed by atoms with Crippen LogP contribution in [-0.4, -0.2) is 37.2 Å². The molecule has 80 heavy (non-hydrogen) atoms. The number of unbranched alkanes of at least 4 members (excludes halogenated alkanes) is 26. The summed E-state index contributed by atoms with van der Waals surface area (Å²) < 4.78 is 16.9. The van der Waals surface area contributed by atoms with Gasteiger partial charge in [0.2, 0.25) is 0 Å². The molecule has 0 heterocycles. The highest BCUT2D eigenvalue weighted by atomic mass is 16.6. The third kappa shape index (κ3) is 64.4. The summed E-state index contributed by atoms with van der Waals surface area (Å²) in [6, 6.07) is 0. The predicted molar refractivity (Wildman–Crippen MR) is 348 cm³/mol. The molecule has 454 valence electrons. The van der Waals surface area contributed by atoms with E-state index in [0.717, 1.165) is 128 Å². The van der Waals surface area contributed by atoms with Crippen molar-refractivity contribution >= 4 is 17.9 Å². The van der Waals surface area contributed by atoms with E-state index in [1.807, 2.05) is 0 Å². The Hall–Kier alpha value is -4.45. The van der Waals surface area contributed by atoms with E-state index in [9.17, 15) is 14.4 Å². The minimum absolute atomic E-state index is 0.101. The molecule has 0 N–H and O–H groups in total. The van der Waals surface area contributed by atoms with E-state index in [2.05, 4.69) is 154 Å². The molecule has 0 aliphatic carbocycles. The molecule has 0 fully saturated rings. The fourth-order valence-electron chi connectivity index (χ4n) is 9.00. The second-order valence-corrected chi connectivity index (χ2v) is 21.6. The van der Waals surface area contributed by atoms with Crippen molar-refractivity contribution < 1.29 is 28.6 Å². The van der Waals surface area contributed by atoms with Gasteiger partial charge >= 0.3 is 17.9 Å². The lowest BCUT2D eigenvalue weighted by atomic mass is 10.0. The maximum Gasteiger partial charge on any atom is 0.306 e. The molecule has 1 unspecified atom stereocenters. The quantitative estimate of drug-likeness (QED) is 0.0261. The van der Waals surface area contributed by atoms with E-state index < -0.39 is 6.10 Å². The van der Waals surface area contributed by atoms with E-state index in [-0.39, 0.29) is 37.5 Å². The first-order valence-corrected chi connectivity index (χ1v) is 33.2. The average molecular weight is 1110 g/mol. The summed E-state index contributed by atoms with van der Waals surface area (Å²) in [5, 5.41) is 0. The van der Waals surface area contributed by atoms with E-state index in [0.29, 0.717) is 19.3 Å². The number of rotatable bonds is 59. The predicted octanol–water partition coefficient (Wildman–Crippen LogP) is 22.9. The monoisotopic (exact) mass is 1110 g/mol. The van der Waals surface area contributed by atoms with E-state index in [1.165, 1.54) is 122 Å². The molecule has 0 saturated carbocycles. The average Bonchev–Trinajstić information content (AvgIpc) is 3.46. The summed E-state index contributed by atoms with van der Waals surface area (Å²) in [7, 11) is 0. The van der Waals surface area contributed by atoms with Gasteiger partial charge in [0.15, 0.2) is 6.10 Å². The van der Waals surface area contributed by atoms with Gasteiger partial charge < -0.3 is 14.2 Å². The van der Waals surface area contributed by atoms with Crippen LogP contribution in [0.4, 0.5) is 0 Å². The van der Waals surface area contributed by atoms with E-state index in [1.54, 1.807) is 0 Å². The first-order chi connectivity index (χ1) is 39.5. The van der Waals surface area contributed by atoms with Crippen molar-refractivity contribution in [1.82, 2.24) is 0 Å². The molecular formula is C74H122O6. The van der Waals surface area contributed by atoms with Gasteiger partial charge in [0.05, 0.1) is 0 Å². The van der Waals surface area contributed by atoms with Crippen LogP contribution in [0.25, 0.3) is 0 Å². The Balaban J connectivity index is 4.49. The summed E-state index contributed by atoms with van der Waals surface area (Å²) in [6.07, 6.45) is 94.6. The SMILES string of the molecule is CC/C=C\C/C=C\C/C=C\C/C=C\C/C=C\C/C=C\CCCCC(=O)OC(COC(=O)CCCCCCCCC/C=C\C/C=C\C/C=C\C/C=C\C/C=C\CC)COC(=O)CCCCCCCCCCCCCCCCCCCC. The maximum absolute atomic E-state index is 12.9. The number of carbonyl (C=O) groups is 3. The number of ether oxygens (including phenoxy) is 3. The van der Waals surface area contributed by atoms with Gasteiger partial charge in [0.1, 0.15) is 13.2 Å². The summed E-state index contributed by atoms with van der Waals surface area (Å²) in [5.74, 6) is -0.949. The van der Waals surface area contributed by atoms with Crippen molar-refractivity contribution in [2.45, 2.75) is 303 Å². The first-order valence-electron chi connectivity index (χ1n) is 33.2. The summed E-state index contributed by atoms with van der Waals surface area (Å²) >= 11 is 0. The third-order valence-electron chi connectivity index (χ3n) is 13.9. The molecule has 0 radical (unpaired) electrons. The van der Waals surface area contributed by atoms with Crippen molar-refractivity contribution in [2.24, 2.45) is 0 Å². The number of allylic oxidation sites excluding steroid dienone is 22. The molecule has 0 bridgehead atoms. The molecule has 0 aliphatic heterocycles. The van der Waals surface area contributed by atoms with Gasteiger partial charge in [-0.1, -0.05) is 296 Å². The largest absolute Gasteiger partial charge is 0.462 e. The maximum atomic E-state index is 12.9.